The van der Waals surface area contributed by atoms with E-state index in [2.05, 4.69) is 26.5 Å². The number of aromatic nitrogens is 2. The van der Waals surface area contributed by atoms with Gasteiger partial charge in [0.2, 0.25) is 0 Å². The van der Waals surface area contributed by atoms with Gasteiger partial charge in [-0.1, -0.05) is 11.6 Å². The van der Waals surface area contributed by atoms with Crippen LogP contribution in [0.2, 0.25) is 5.02 Å². The van der Waals surface area contributed by atoms with Crippen molar-refractivity contribution in [1.29, 1.82) is 0 Å². The SMILES string of the molecule is CCn1ncc(Br)c1C(NN)c1cc(Cl)ccc1OC. The van der Waals surface area contributed by atoms with Crippen LogP contribution in [0.4, 0.5) is 0 Å². The molecule has 2 rings (SSSR count). The molecule has 108 valence electrons. The number of rotatable bonds is 5. The van der Waals surface area contributed by atoms with Crippen molar-refractivity contribution in [2.75, 3.05) is 7.11 Å². The Bertz CT molecular complexity index is 602. The largest absolute Gasteiger partial charge is 0.496 e. The van der Waals surface area contributed by atoms with Crippen molar-refractivity contribution >= 4 is 27.5 Å². The molecule has 1 aromatic carbocycles. The number of hydrogen-bond donors (Lipinski definition) is 2. The normalized spacial score (nSPS) is 12.4. The molecule has 0 bridgehead atoms. The highest BCUT2D eigenvalue weighted by Gasteiger charge is 2.23. The lowest BCUT2D eigenvalue weighted by molar-refractivity contribution is 0.402. The molecule has 7 heteroatoms. The van der Waals surface area contributed by atoms with Crippen molar-refractivity contribution in [3.63, 3.8) is 0 Å². The van der Waals surface area contributed by atoms with Crippen LogP contribution in [0.25, 0.3) is 0 Å². The van der Waals surface area contributed by atoms with Crippen molar-refractivity contribution in [1.82, 2.24) is 15.2 Å². The minimum atomic E-state index is -0.277. The summed E-state index contributed by atoms with van der Waals surface area (Å²) in [5.74, 6) is 6.47. The third-order valence-corrected chi connectivity index (χ3v) is 3.92. The number of nitrogens with one attached hydrogen (secondary N) is 1. The predicted molar refractivity (Wildman–Crippen MR) is 82.8 cm³/mol. The summed E-state index contributed by atoms with van der Waals surface area (Å²) in [7, 11) is 1.62. The summed E-state index contributed by atoms with van der Waals surface area (Å²) in [6, 6.07) is 5.16. The lowest BCUT2D eigenvalue weighted by Crippen LogP contribution is -2.31. The molecule has 1 unspecified atom stereocenters. The Morgan fingerprint density at radius 1 is 1.55 bits per heavy atom. The van der Waals surface area contributed by atoms with E-state index in [9.17, 15) is 0 Å². The second kappa shape index (κ2) is 6.58. The number of aryl methyl sites for hydroxylation is 1. The fourth-order valence-electron chi connectivity index (χ4n) is 2.16. The van der Waals surface area contributed by atoms with Gasteiger partial charge in [-0.25, -0.2) is 5.43 Å². The van der Waals surface area contributed by atoms with E-state index in [-0.39, 0.29) is 6.04 Å². The maximum Gasteiger partial charge on any atom is 0.124 e. The Labute approximate surface area is 131 Å². The summed E-state index contributed by atoms with van der Waals surface area (Å²) in [6.07, 6.45) is 1.75. The molecule has 0 aliphatic rings. The lowest BCUT2D eigenvalue weighted by atomic mass is 10.0. The number of nitrogens with zero attached hydrogens (tertiary/aromatic N) is 2. The van der Waals surface area contributed by atoms with Crippen molar-refractivity contribution in [3.05, 3.63) is 45.1 Å². The van der Waals surface area contributed by atoms with E-state index in [1.165, 1.54) is 0 Å². The summed E-state index contributed by atoms with van der Waals surface area (Å²) >= 11 is 9.60. The molecule has 0 aliphatic carbocycles. The van der Waals surface area contributed by atoms with E-state index < -0.39 is 0 Å². The average Bonchev–Trinajstić information content (AvgIpc) is 2.82. The van der Waals surface area contributed by atoms with Crippen LogP contribution in [0, 0.1) is 0 Å². The van der Waals surface area contributed by atoms with Crippen molar-refractivity contribution in [3.8, 4) is 5.75 Å². The molecule has 0 amide bonds. The predicted octanol–water partition coefficient (Wildman–Crippen LogP) is 2.88. The van der Waals surface area contributed by atoms with E-state index in [4.69, 9.17) is 22.2 Å². The van der Waals surface area contributed by atoms with Crippen LogP contribution in [0.3, 0.4) is 0 Å². The zero-order chi connectivity index (χ0) is 14.7. The molecule has 2 aromatic rings. The highest BCUT2D eigenvalue weighted by Crippen LogP contribution is 2.34. The van der Waals surface area contributed by atoms with Crippen LogP contribution >= 0.6 is 27.5 Å². The van der Waals surface area contributed by atoms with Gasteiger partial charge in [-0.2, -0.15) is 5.10 Å². The van der Waals surface area contributed by atoms with Crippen molar-refractivity contribution in [2.45, 2.75) is 19.5 Å². The molecule has 0 radical (unpaired) electrons. The van der Waals surface area contributed by atoms with Gasteiger partial charge in [-0.15, -0.1) is 0 Å². The van der Waals surface area contributed by atoms with Crippen LogP contribution in [0.1, 0.15) is 24.2 Å². The molecular weight excluding hydrogens is 344 g/mol. The van der Waals surface area contributed by atoms with E-state index in [1.54, 1.807) is 19.4 Å². The second-order valence-corrected chi connectivity index (χ2v) is 5.47. The van der Waals surface area contributed by atoms with Crippen LogP contribution in [0.5, 0.6) is 5.75 Å². The van der Waals surface area contributed by atoms with Crippen molar-refractivity contribution in [2.24, 2.45) is 5.84 Å². The molecule has 0 saturated carbocycles. The highest BCUT2D eigenvalue weighted by atomic mass is 79.9. The molecule has 1 aromatic heterocycles. The smallest absolute Gasteiger partial charge is 0.124 e. The number of hydrogen-bond acceptors (Lipinski definition) is 4. The van der Waals surface area contributed by atoms with Gasteiger partial charge >= 0.3 is 0 Å². The van der Waals surface area contributed by atoms with Gasteiger partial charge in [0.25, 0.3) is 0 Å². The molecule has 0 spiro atoms. The molecule has 0 saturated heterocycles. The van der Waals surface area contributed by atoms with Gasteiger partial charge in [0.15, 0.2) is 0 Å². The Morgan fingerprint density at radius 2 is 2.30 bits per heavy atom. The Kier molecular flexibility index (Phi) is 5.04. The zero-order valence-electron chi connectivity index (χ0n) is 11.2. The summed E-state index contributed by atoms with van der Waals surface area (Å²) in [5, 5.41) is 4.93. The van der Waals surface area contributed by atoms with Gasteiger partial charge in [-0.05, 0) is 41.1 Å². The van der Waals surface area contributed by atoms with E-state index in [0.29, 0.717) is 10.8 Å². The standard InChI is InChI=1S/C13H16BrClN4O/c1-3-19-13(10(14)7-17-19)12(18-16)9-6-8(15)4-5-11(9)20-2/h4-7,12,18H,3,16H2,1-2H3. The first-order valence-corrected chi connectivity index (χ1v) is 7.30. The Balaban J connectivity index is 2.57. The van der Waals surface area contributed by atoms with E-state index in [0.717, 1.165) is 22.3 Å². The fourth-order valence-corrected chi connectivity index (χ4v) is 2.86. The average molecular weight is 360 g/mol. The summed E-state index contributed by atoms with van der Waals surface area (Å²) in [6.45, 7) is 2.76. The quantitative estimate of drug-likeness (QED) is 0.636. The molecule has 20 heavy (non-hydrogen) atoms. The van der Waals surface area contributed by atoms with Crippen molar-refractivity contribution < 1.29 is 4.74 Å². The monoisotopic (exact) mass is 358 g/mol. The summed E-state index contributed by atoms with van der Waals surface area (Å²) in [5.41, 5.74) is 4.59. The fraction of sp³-hybridized carbons (Fsp3) is 0.308. The first-order chi connectivity index (χ1) is 9.62. The molecule has 0 fully saturated rings. The zero-order valence-corrected chi connectivity index (χ0v) is 13.6. The molecular formula is C13H16BrClN4O. The topological polar surface area (TPSA) is 65.1 Å². The highest BCUT2D eigenvalue weighted by molar-refractivity contribution is 9.10. The van der Waals surface area contributed by atoms with Crippen LogP contribution in [0.15, 0.2) is 28.9 Å². The molecule has 1 atom stereocenters. The number of nitrogens with two attached hydrogens (primary N) is 1. The third kappa shape index (κ3) is 2.83. The number of ether oxygens (including phenoxy) is 1. The molecule has 5 nitrogen and oxygen atoms in total. The minimum absolute atomic E-state index is 0.277. The van der Waals surface area contributed by atoms with Gasteiger partial charge in [0.1, 0.15) is 5.75 Å². The first-order valence-electron chi connectivity index (χ1n) is 6.13. The molecule has 3 N–H and O–H groups in total. The van der Waals surface area contributed by atoms with Gasteiger partial charge in [-0.3, -0.25) is 10.5 Å². The number of halogens is 2. The van der Waals surface area contributed by atoms with Gasteiger partial charge in [0.05, 0.1) is 29.5 Å². The van der Waals surface area contributed by atoms with Crippen LogP contribution in [-0.2, 0) is 6.54 Å². The number of hydrazine groups is 1. The van der Waals surface area contributed by atoms with Gasteiger partial charge < -0.3 is 4.74 Å². The maximum absolute atomic E-state index is 6.09. The third-order valence-electron chi connectivity index (χ3n) is 3.08. The van der Waals surface area contributed by atoms with Gasteiger partial charge in [0, 0.05) is 17.1 Å². The Morgan fingerprint density at radius 3 is 2.90 bits per heavy atom. The lowest BCUT2D eigenvalue weighted by Gasteiger charge is -2.21. The summed E-state index contributed by atoms with van der Waals surface area (Å²) < 4.78 is 8.14. The van der Waals surface area contributed by atoms with E-state index >= 15 is 0 Å². The van der Waals surface area contributed by atoms with E-state index in [1.807, 2.05) is 23.7 Å². The number of benzene rings is 1. The Hall–Kier alpha value is -1.08. The molecule has 0 aliphatic heterocycles. The maximum atomic E-state index is 6.09. The van der Waals surface area contributed by atoms with Crippen LogP contribution in [-0.4, -0.2) is 16.9 Å². The second-order valence-electron chi connectivity index (χ2n) is 4.18. The first kappa shape index (κ1) is 15.3. The minimum Gasteiger partial charge on any atom is -0.496 e. The summed E-state index contributed by atoms with van der Waals surface area (Å²) in [4.78, 5) is 0. The number of methoxy groups -OCH3 is 1. The molecule has 1 heterocycles. The van der Waals surface area contributed by atoms with Crippen LogP contribution < -0.4 is 16.0 Å².